The topological polar surface area (TPSA) is 38.8 Å². The van der Waals surface area contributed by atoms with Crippen molar-refractivity contribution < 1.29 is 14.3 Å². The normalized spacial score (nSPS) is 21.6. The molecule has 2 aliphatic heterocycles. The zero-order chi connectivity index (χ0) is 12.7. The molecule has 96 valence electrons. The zero-order valence-corrected chi connectivity index (χ0v) is 10.7. The molecule has 1 fully saturated rings. The van der Waals surface area contributed by atoms with Gasteiger partial charge in [-0.3, -0.25) is 4.79 Å². The molecule has 3 rings (SSSR count). The first-order chi connectivity index (χ1) is 8.74. The summed E-state index contributed by atoms with van der Waals surface area (Å²) in [6, 6.07) is 4.32. The summed E-state index contributed by atoms with van der Waals surface area (Å²) in [5.74, 6) is 1.80. The summed E-state index contributed by atoms with van der Waals surface area (Å²) in [6.07, 6.45) is 2.48. The number of methoxy groups -OCH3 is 2. The van der Waals surface area contributed by atoms with Crippen LogP contribution < -0.4 is 9.47 Å². The van der Waals surface area contributed by atoms with Gasteiger partial charge in [-0.05, 0) is 36.1 Å². The number of rotatable bonds is 2. The van der Waals surface area contributed by atoms with Crippen molar-refractivity contribution in [1.82, 2.24) is 4.90 Å². The average Bonchev–Trinajstić information content (AvgIpc) is 2.79. The highest BCUT2D eigenvalue weighted by molar-refractivity contribution is 5.79. The van der Waals surface area contributed by atoms with E-state index in [0.717, 1.165) is 30.9 Å². The van der Waals surface area contributed by atoms with Crippen LogP contribution in [0.15, 0.2) is 12.1 Å². The molecule has 0 aromatic heterocycles. The Bertz CT molecular complexity index is 498. The summed E-state index contributed by atoms with van der Waals surface area (Å²) < 4.78 is 10.7. The summed E-state index contributed by atoms with van der Waals surface area (Å²) in [7, 11) is 3.29. The third-order valence-corrected chi connectivity index (χ3v) is 3.95. The molecule has 0 spiro atoms. The Kier molecular flexibility index (Phi) is 2.65. The second-order valence-electron chi connectivity index (χ2n) is 4.80. The van der Waals surface area contributed by atoms with E-state index in [1.807, 2.05) is 17.0 Å². The summed E-state index contributed by atoms with van der Waals surface area (Å²) >= 11 is 0. The molecule has 1 aromatic carbocycles. The monoisotopic (exact) mass is 247 g/mol. The van der Waals surface area contributed by atoms with Crippen molar-refractivity contribution in [2.45, 2.75) is 25.3 Å². The van der Waals surface area contributed by atoms with Gasteiger partial charge in [-0.2, -0.15) is 0 Å². The van der Waals surface area contributed by atoms with Crippen molar-refractivity contribution in [3.05, 3.63) is 23.3 Å². The van der Waals surface area contributed by atoms with Crippen LogP contribution in [0.2, 0.25) is 0 Å². The first kappa shape index (κ1) is 11.4. The largest absolute Gasteiger partial charge is 0.493 e. The average molecular weight is 247 g/mol. The minimum Gasteiger partial charge on any atom is -0.493 e. The van der Waals surface area contributed by atoms with Crippen molar-refractivity contribution in [1.29, 1.82) is 0 Å². The van der Waals surface area contributed by atoms with E-state index < -0.39 is 0 Å². The molecule has 1 amide bonds. The highest BCUT2D eigenvalue weighted by Crippen LogP contribution is 2.42. The second-order valence-corrected chi connectivity index (χ2v) is 4.80. The Morgan fingerprint density at radius 2 is 1.89 bits per heavy atom. The van der Waals surface area contributed by atoms with Crippen LogP contribution >= 0.6 is 0 Å². The van der Waals surface area contributed by atoms with Gasteiger partial charge in [0.05, 0.1) is 20.3 Å². The minimum atomic E-state index is 0.237. The maximum absolute atomic E-state index is 11.8. The van der Waals surface area contributed by atoms with E-state index in [9.17, 15) is 4.79 Å². The third kappa shape index (κ3) is 1.55. The smallest absolute Gasteiger partial charge is 0.223 e. The lowest BCUT2D eigenvalue weighted by Gasteiger charge is -2.32. The second kappa shape index (κ2) is 4.19. The molecule has 1 atom stereocenters. The van der Waals surface area contributed by atoms with Crippen molar-refractivity contribution in [3.8, 4) is 11.5 Å². The molecule has 0 aliphatic carbocycles. The van der Waals surface area contributed by atoms with E-state index in [0.29, 0.717) is 6.42 Å². The molecule has 1 saturated heterocycles. The molecule has 4 nitrogen and oxygen atoms in total. The van der Waals surface area contributed by atoms with Crippen molar-refractivity contribution in [3.63, 3.8) is 0 Å². The minimum absolute atomic E-state index is 0.237. The van der Waals surface area contributed by atoms with Crippen LogP contribution in [0, 0.1) is 0 Å². The molecule has 2 aliphatic rings. The first-order valence-electron chi connectivity index (χ1n) is 6.29. The number of carbonyl (C=O) groups excluding carboxylic acids is 1. The Balaban J connectivity index is 2.06. The van der Waals surface area contributed by atoms with Crippen LogP contribution in [0.5, 0.6) is 11.5 Å². The van der Waals surface area contributed by atoms with Crippen molar-refractivity contribution >= 4 is 5.91 Å². The molecule has 18 heavy (non-hydrogen) atoms. The van der Waals surface area contributed by atoms with Crippen LogP contribution in [0.25, 0.3) is 0 Å². The number of ether oxygens (including phenoxy) is 2. The molecule has 0 radical (unpaired) electrons. The summed E-state index contributed by atoms with van der Waals surface area (Å²) in [6.45, 7) is 0.825. The molecule has 4 heteroatoms. The van der Waals surface area contributed by atoms with Crippen LogP contribution in [-0.2, 0) is 11.2 Å². The van der Waals surface area contributed by atoms with Gasteiger partial charge in [0.2, 0.25) is 5.91 Å². The predicted octanol–water partition coefficient (Wildman–Crippen LogP) is 1.92. The van der Waals surface area contributed by atoms with Gasteiger partial charge < -0.3 is 14.4 Å². The number of amides is 1. The Hall–Kier alpha value is -1.71. The fourth-order valence-corrected chi connectivity index (χ4v) is 3.04. The number of fused-ring (bicyclic) bond motifs is 3. The van der Waals surface area contributed by atoms with Gasteiger partial charge in [-0.25, -0.2) is 0 Å². The molecular weight excluding hydrogens is 230 g/mol. The fourth-order valence-electron chi connectivity index (χ4n) is 3.04. The quantitative estimate of drug-likeness (QED) is 0.801. The first-order valence-corrected chi connectivity index (χ1v) is 6.29. The van der Waals surface area contributed by atoms with Crippen molar-refractivity contribution in [2.24, 2.45) is 0 Å². The maximum atomic E-state index is 11.8. The van der Waals surface area contributed by atoms with E-state index in [4.69, 9.17) is 9.47 Å². The number of nitrogens with zero attached hydrogens (tertiary/aromatic N) is 1. The lowest BCUT2D eigenvalue weighted by Crippen LogP contribution is -2.34. The van der Waals surface area contributed by atoms with E-state index in [1.54, 1.807) is 14.2 Å². The lowest BCUT2D eigenvalue weighted by atomic mass is 9.92. The van der Waals surface area contributed by atoms with Gasteiger partial charge >= 0.3 is 0 Å². The van der Waals surface area contributed by atoms with E-state index in [-0.39, 0.29) is 11.9 Å². The number of benzene rings is 1. The van der Waals surface area contributed by atoms with Crippen LogP contribution in [0.4, 0.5) is 0 Å². The summed E-state index contributed by atoms with van der Waals surface area (Å²) in [5.41, 5.74) is 2.51. The molecule has 0 saturated carbocycles. The van der Waals surface area contributed by atoms with Gasteiger partial charge in [-0.1, -0.05) is 0 Å². The molecule has 0 bridgehead atoms. The van der Waals surface area contributed by atoms with Gasteiger partial charge in [0, 0.05) is 13.0 Å². The van der Waals surface area contributed by atoms with Crippen LogP contribution in [0.1, 0.15) is 30.0 Å². The van der Waals surface area contributed by atoms with E-state index in [2.05, 4.69) is 0 Å². The third-order valence-electron chi connectivity index (χ3n) is 3.95. The number of carbonyl (C=O) groups is 1. The highest BCUT2D eigenvalue weighted by atomic mass is 16.5. The van der Waals surface area contributed by atoms with Gasteiger partial charge in [0.15, 0.2) is 11.5 Å². The van der Waals surface area contributed by atoms with Crippen LogP contribution in [-0.4, -0.2) is 31.6 Å². The number of hydrogen-bond acceptors (Lipinski definition) is 3. The van der Waals surface area contributed by atoms with Gasteiger partial charge in [-0.15, -0.1) is 0 Å². The molecule has 1 aromatic rings. The standard InChI is InChI=1S/C14H17NO3/c1-17-12-7-9-5-6-15-11(3-4-14(15)16)10(9)8-13(12)18-2/h7-8,11H,3-6H2,1-2H3/t11-/m1/s1. The van der Waals surface area contributed by atoms with Gasteiger partial charge in [0.1, 0.15) is 0 Å². The van der Waals surface area contributed by atoms with Crippen molar-refractivity contribution in [2.75, 3.05) is 20.8 Å². The number of hydrogen-bond donors (Lipinski definition) is 0. The van der Waals surface area contributed by atoms with E-state index >= 15 is 0 Å². The van der Waals surface area contributed by atoms with E-state index in [1.165, 1.54) is 11.1 Å². The summed E-state index contributed by atoms with van der Waals surface area (Å²) in [4.78, 5) is 13.8. The van der Waals surface area contributed by atoms with Gasteiger partial charge in [0.25, 0.3) is 0 Å². The molecule has 0 unspecified atom stereocenters. The maximum Gasteiger partial charge on any atom is 0.223 e. The van der Waals surface area contributed by atoms with Crippen LogP contribution in [0.3, 0.4) is 0 Å². The lowest BCUT2D eigenvalue weighted by molar-refractivity contribution is -0.129. The molecular formula is C14H17NO3. The fraction of sp³-hybridized carbons (Fsp3) is 0.500. The Morgan fingerprint density at radius 1 is 1.17 bits per heavy atom. The molecule has 2 heterocycles. The Labute approximate surface area is 106 Å². The SMILES string of the molecule is COc1cc2c(cc1OC)[C@H]1CCC(=O)N1CC2. The highest BCUT2D eigenvalue weighted by Gasteiger charge is 2.36. The Morgan fingerprint density at radius 3 is 2.61 bits per heavy atom. The predicted molar refractivity (Wildman–Crippen MR) is 66.9 cm³/mol. The summed E-state index contributed by atoms with van der Waals surface area (Å²) in [5, 5.41) is 0. The zero-order valence-electron chi connectivity index (χ0n) is 10.7. The molecule has 0 N–H and O–H groups in total.